The SMILES string of the molecule is CCCCCCNC(=O)Cn1cnc2c(cnn2-c2ccccc2[N+](=O)[O-])c1=O. The van der Waals surface area contributed by atoms with Gasteiger partial charge in [0.05, 0.1) is 11.1 Å². The maximum atomic E-state index is 12.7. The van der Waals surface area contributed by atoms with E-state index in [0.717, 1.165) is 25.7 Å². The van der Waals surface area contributed by atoms with Gasteiger partial charge in [0.2, 0.25) is 5.91 Å². The van der Waals surface area contributed by atoms with Crippen molar-refractivity contribution in [2.24, 2.45) is 0 Å². The van der Waals surface area contributed by atoms with Gasteiger partial charge >= 0.3 is 0 Å². The van der Waals surface area contributed by atoms with Crippen molar-refractivity contribution in [2.75, 3.05) is 6.54 Å². The fourth-order valence-corrected chi connectivity index (χ4v) is 3.03. The van der Waals surface area contributed by atoms with Crippen LogP contribution in [0.1, 0.15) is 32.6 Å². The topological polar surface area (TPSA) is 125 Å². The number of amides is 1. The van der Waals surface area contributed by atoms with Crippen molar-refractivity contribution < 1.29 is 9.72 Å². The summed E-state index contributed by atoms with van der Waals surface area (Å²) in [6.07, 6.45) is 6.76. The normalized spacial score (nSPS) is 10.9. The Morgan fingerprint density at radius 1 is 1.24 bits per heavy atom. The highest BCUT2D eigenvalue weighted by Gasteiger charge is 2.19. The summed E-state index contributed by atoms with van der Waals surface area (Å²) in [4.78, 5) is 39.8. The van der Waals surface area contributed by atoms with Crippen LogP contribution in [0.2, 0.25) is 0 Å². The standard InChI is InChI=1S/C19H22N6O4/c1-2-3-4-7-10-20-17(26)12-23-13-21-18-14(19(23)27)11-22-24(18)15-8-5-6-9-16(15)25(28)29/h5-6,8-9,11,13H,2-4,7,10,12H2,1H3,(H,20,26). The average molecular weight is 398 g/mol. The van der Waals surface area contributed by atoms with Crippen molar-refractivity contribution >= 4 is 22.6 Å². The third kappa shape index (κ3) is 4.48. The highest BCUT2D eigenvalue weighted by Crippen LogP contribution is 2.23. The van der Waals surface area contributed by atoms with Gasteiger partial charge in [-0.15, -0.1) is 0 Å². The second-order valence-electron chi connectivity index (χ2n) is 6.63. The van der Waals surface area contributed by atoms with Crippen LogP contribution in [0, 0.1) is 10.1 Å². The average Bonchev–Trinajstić information content (AvgIpc) is 3.14. The lowest BCUT2D eigenvalue weighted by Gasteiger charge is -2.08. The summed E-state index contributed by atoms with van der Waals surface area (Å²) in [5, 5.41) is 18.4. The van der Waals surface area contributed by atoms with Gasteiger partial charge in [0.25, 0.3) is 11.2 Å². The van der Waals surface area contributed by atoms with Crippen LogP contribution in [0.4, 0.5) is 5.69 Å². The number of carbonyl (C=O) groups is 1. The molecule has 2 heterocycles. The molecule has 0 bridgehead atoms. The Kier molecular flexibility index (Phi) is 6.32. The number of fused-ring (bicyclic) bond motifs is 1. The fraction of sp³-hybridized carbons (Fsp3) is 0.368. The Labute approximate surface area is 166 Å². The maximum Gasteiger partial charge on any atom is 0.294 e. The molecule has 1 aromatic carbocycles. The molecular formula is C19H22N6O4. The minimum absolute atomic E-state index is 0.147. The van der Waals surface area contributed by atoms with Gasteiger partial charge in [-0.1, -0.05) is 38.3 Å². The van der Waals surface area contributed by atoms with Gasteiger partial charge in [0.15, 0.2) is 5.65 Å². The second kappa shape index (κ2) is 9.09. The van der Waals surface area contributed by atoms with E-state index < -0.39 is 10.5 Å². The number of nitro benzene ring substituents is 1. The molecule has 1 N–H and O–H groups in total. The number of carbonyl (C=O) groups excluding carboxylic acids is 1. The van der Waals surface area contributed by atoms with Crippen LogP contribution in [0.15, 0.2) is 41.6 Å². The number of aromatic nitrogens is 4. The maximum absolute atomic E-state index is 12.7. The molecule has 0 aliphatic rings. The third-order valence-corrected chi connectivity index (χ3v) is 4.53. The molecule has 0 atom stereocenters. The fourth-order valence-electron chi connectivity index (χ4n) is 3.03. The first-order valence-corrected chi connectivity index (χ1v) is 9.46. The molecule has 0 saturated carbocycles. The van der Waals surface area contributed by atoms with Crippen LogP contribution >= 0.6 is 0 Å². The largest absolute Gasteiger partial charge is 0.355 e. The van der Waals surface area contributed by atoms with Crippen LogP contribution in [0.3, 0.4) is 0 Å². The van der Waals surface area contributed by atoms with E-state index in [4.69, 9.17) is 0 Å². The lowest BCUT2D eigenvalue weighted by atomic mass is 10.2. The monoisotopic (exact) mass is 398 g/mol. The van der Waals surface area contributed by atoms with Gasteiger partial charge < -0.3 is 5.32 Å². The predicted molar refractivity (Wildman–Crippen MR) is 107 cm³/mol. The highest BCUT2D eigenvalue weighted by atomic mass is 16.6. The summed E-state index contributed by atoms with van der Waals surface area (Å²) in [5.41, 5.74) is -0.172. The molecule has 0 aliphatic carbocycles. The molecule has 0 aliphatic heterocycles. The number of hydrogen-bond donors (Lipinski definition) is 1. The van der Waals surface area contributed by atoms with Crippen molar-refractivity contribution in [3.63, 3.8) is 0 Å². The molecule has 2 aromatic heterocycles. The van der Waals surface area contributed by atoms with E-state index in [-0.39, 0.29) is 34.9 Å². The van der Waals surface area contributed by atoms with Crippen molar-refractivity contribution in [2.45, 2.75) is 39.2 Å². The zero-order valence-electron chi connectivity index (χ0n) is 16.1. The number of nitro groups is 1. The van der Waals surface area contributed by atoms with Crippen molar-refractivity contribution in [1.29, 1.82) is 0 Å². The summed E-state index contributed by atoms with van der Waals surface area (Å²) in [6.45, 7) is 2.54. The van der Waals surface area contributed by atoms with Gasteiger partial charge in [0, 0.05) is 12.6 Å². The first kappa shape index (κ1) is 20.2. The molecule has 3 aromatic rings. The number of hydrogen-bond acceptors (Lipinski definition) is 6. The molecule has 0 unspecified atom stereocenters. The number of nitrogens with zero attached hydrogens (tertiary/aromatic N) is 5. The van der Waals surface area contributed by atoms with E-state index in [1.807, 2.05) is 0 Å². The summed E-state index contributed by atoms with van der Waals surface area (Å²) in [7, 11) is 0. The van der Waals surface area contributed by atoms with Crippen LogP contribution < -0.4 is 10.9 Å². The molecule has 0 fully saturated rings. The Bertz CT molecular complexity index is 1090. The zero-order valence-corrected chi connectivity index (χ0v) is 16.1. The zero-order chi connectivity index (χ0) is 20.8. The van der Waals surface area contributed by atoms with Gasteiger partial charge in [0.1, 0.15) is 23.9 Å². The van der Waals surface area contributed by atoms with Crippen LogP contribution in [-0.2, 0) is 11.3 Å². The van der Waals surface area contributed by atoms with E-state index in [9.17, 15) is 19.7 Å². The highest BCUT2D eigenvalue weighted by molar-refractivity contribution is 5.78. The molecule has 3 rings (SSSR count). The van der Waals surface area contributed by atoms with Crippen LogP contribution in [0.5, 0.6) is 0 Å². The van der Waals surface area contributed by atoms with E-state index in [0.29, 0.717) is 6.54 Å². The Morgan fingerprint density at radius 3 is 2.79 bits per heavy atom. The van der Waals surface area contributed by atoms with Crippen molar-refractivity contribution in [3.05, 3.63) is 57.3 Å². The van der Waals surface area contributed by atoms with E-state index in [1.165, 1.54) is 33.9 Å². The molecule has 0 radical (unpaired) electrons. The molecule has 1 amide bonds. The molecule has 10 nitrogen and oxygen atoms in total. The van der Waals surface area contributed by atoms with E-state index >= 15 is 0 Å². The van der Waals surface area contributed by atoms with Gasteiger partial charge in [-0.3, -0.25) is 24.3 Å². The molecular weight excluding hydrogens is 376 g/mol. The predicted octanol–water partition coefficient (Wildman–Crippen LogP) is 2.19. The first-order chi connectivity index (χ1) is 14.0. The van der Waals surface area contributed by atoms with Gasteiger partial charge in [-0.05, 0) is 12.5 Å². The lowest BCUT2D eigenvalue weighted by Crippen LogP contribution is -2.33. The minimum Gasteiger partial charge on any atom is -0.355 e. The molecule has 0 spiro atoms. The van der Waals surface area contributed by atoms with Gasteiger partial charge in [-0.2, -0.15) is 5.10 Å². The molecule has 152 valence electrons. The van der Waals surface area contributed by atoms with Crippen molar-refractivity contribution in [3.8, 4) is 5.69 Å². The minimum atomic E-state index is -0.519. The molecule has 10 heteroatoms. The number of rotatable bonds is 9. The Morgan fingerprint density at radius 2 is 2.03 bits per heavy atom. The van der Waals surface area contributed by atoms with Crippen LogP contribution in [0.25, 0.3) is 16.7 Å². The lowest BCUT2D eigenvalue weighted by molar-refractivity contribution is -0.384. The Balaban J connectivity index is 1.81. The number of unbranched alkanes of at least 4 members (excludes halogenated alkanes) is 3. The summed E-state index contributed by atoms with van der Waals surface area (Å²) in [6, 6.07) is 6.08. The van der Waals surface area contributed by atoms with E-state index in [1.54, 1.807) is 12.1 Å². The smallest absolute Gasteiger partial charge is 0.294 e. The Hall–Kier alpha value is -3.56. The number of nitrogens with one attached hydrogen (secondary N) is 1. The summed E-state index contributed by atoms with van der Waals surface area (Å²) in [5.74, 6) is -0.268. The number of para-hydroxylation sites is 2. The first-order valence-electron chi connectivity index (χ1n) is 9.46. The second-order valence-corrected chi connectivity index (χ2v) is 6.63. The summed E-state index contributed by atoms with van der Waals surface area (Å²) >= 11 is 0. The molecule has 29 heavy (non-hydrogen) atoms. The van der Waals surface area contributed by atoms with Crippen molar-refractivity contribution in [1.82, 2.24) is 24.6 Å². The number of benzene rings is 1. The summed E-state index contributed by atoms with van der Waals surface area (Å²) < 4.78 is 2.46. The van der Waals surface area contributed by atoms with Crippen LogP contribution in [-0.4, -0.2) is 36.7 Å². The quantitative estimate of drug-likeness (QED) is 0.335. The van der Waals surface area contributed by atoms with E-state index in [2.05, 4.69) is 22.3 Å². The third-order valence-electron chi connectivity index (χ3n) is 4.53. The molecule has 0 saturated heterocycles. The van der Waals surface area contributed by atoms with Gasteiger partial charge in [-0.25, -0.2) is 9.67 Å².